The van der Waals surface area contributed by atoms with E-state index in [4.69, 9.17) is 4.74 Å². The normalized spacial score (nSPS) is 19.2. The molecule has 0 radical (unpaired) electrons. The first kappa shape index (κ1) is 17.0. The van der Waals surface area contributed by atoms with Gasteiger partial charge < -0.3 is 9.64 Å². The molecular weight excluding hydrogens is 254 g/mol. The largest absolute Gasteiger partial charge is 0.458 e. The van der Waals surface area contributed by atoms with Crippen molar-refractivity contribution in [3.8, 4) is 0 Å². The van der Waals surface area contributed by atoms with Gasteiger partial charge in [0.05, 0.1) is 0 Å². The highest BCUT2D eigenvalue weighted by Crippen LogP contribution is 2.22. The summed E-state index contributed by atoms with van der Waals surface area (Å²) in [5.74, 6) is -0.147. The Morgan fingerprint density at radius 2 is 1.90 bits per heavy atom. The number of hydrogen-bond acceptors (Lipinski definition) is 3. The Bertz CT molecular complexity index is 333. The number of unbranched alkanes of at least 4 members (excludes halogenated alkanes) is 3. The standard InChI is InChI=1S/C16H29NO3/c1-5-6-7-8-11-14(18)17-12-9-10-13(17)15(19)20-16(2,3)4/h13H,5-12H2,1-4H3/t13-/m0/s1. The third-order valence-electron chi connectivity index (χ3n) is 3.50. The predicted molar refractivity (Wildman–Crippen MR) is 79.3 cm³/mol. The summed E-state index contributed by atoms with van der Waals surface area (Å²) in [6, 6.07) is -0.368. The van der Waals surface area contributed by atoms with Crippen molar-refractivity contribution in [2.24, 2.45) is 0 Å². The van der Waals surface area contributed by atoms with Gasteiger partial charge in [0.25, 0.3) is 0 Å². The molecule has 1 saturated heterocycles. The molecule has 0 saturated carbocycles. The second-order valence-electron chi connectivity index (χ2n) is 6.59. The average molecular weight is 283 g/mol. The Labute approximate surface area is 122 Å². The lowest BCUT2D eigenvalue weighted by Crippen LogP contribution is -2.43. The van der Waals surface area contributed by atoms with Crippen LogP contribution in [0.2, 0.25) is 0 Å². The van der Waals surface area contributed by atoms with Crippen molar-refractivity contribution in [3.05, 3.63) is 0 Å². The zero-order valence-electron chi connectivity index (χ0n) is 13.4. The van der Waals surface area contributed by atoms with Crippen molar-refractivity contribution in [3.63, 3.8) is 0 Å². The van der Waals surface area contributed by atoms with E-state index in [9.17, 15) is 9.59 Å². The molecule has 0 aromatic rings. The second-order valence-corrected chi connectivity index (χ2v) is 6.59. The molecule has 4 heteroatoms. The fourth-order valence-electron chi connectivity index (χ4n) is 2.53. The summed E-state index contributed by atoms with van der Waals surface area (Å²) < 4.78 is 5.41. The Morgan fingerprint density at radius 3 is 2.50 bits per heavy atom. The first-order chi connectivity index (χ1) is 9.35. The van der Waals surface area contributed by atoms with Gasteiger partial charge in [0.2, 0.25) is 5.91 Å². The molecule has 1 fully saturated rings. The van der Waals surface area contributed by atoms with Crippen LogP contribution in [0.1, 0.15) is 72.6 Å². The van der Waals surface area contributed by atoms with Gasteiger partial charge >= 0.3 is 5.97 Å². The summed E-state index contributed by atoms with van der Waals surface area (Å²) >= 11 is 0. The number of amides is 1. The van der Waals surface area contributed by atoms with Crippen LogP contribution in [0.15, 0.2) is 0 Å². The van der Waals surface area contributed by atoms with E-state index in [0.29, 0.717) is 13.0 Å². The molecule has 0 aromatic carbocycles. The van der Waals surface area contributed by atoms with Crippen LogP contribution in [-0.2, 0) is 14.3 Å². The van der Waals surface area contributed by atoms with Crippen molar-refractivity contribution in [1.29, 1.82) is 0 Å². The van der Waals surface area contributed by atoms with Gasteiger partial charge in [-0.3, -0.25) is 4.79 Å². The number of rotatable bonds is 6. The van der Waals surface area contributed by atoms with Crippen LogP contribution in [0.4, 0.5) is 0 Å². The maximum absolute atomic E-state index is 12.2. The molecule has 0 spiro atoms. The quantitative estimate of drug-likeness (QED) is 0.555. The topological polar surface area (TPSA) is 46.6 Å². The van der Waals surface area contributed by atoms with E-state index < -0.39 is 5.60 Å². The Hall–Kier alpha value is -1.06. The van der Waals surface area contributed by atoms with E-state index in [1.807, 2.05) is 20.8 Å². The summed E-state index contributed by atoms with van der Waals surface area (Å²) in [6.07, 6.45) is 6.53. The number of carbonyl (C=O) groups is 2. The van der Waals surface area contributed by atoms with Crippen LogP contribution in [0.3, 0.4) is 0 Å². The first-order valence-corrected chi connectivity index (χ1v) is 7.87. The molecule has 1 aliphatic rings. The van der Waals surface area contributed by atoms with Crippen molar-refractivity contribution in [1.82, 2.24) is 4.90 Å². The minimum Gasteiger partial charge on any atom is -0.458 e. The van der Waals surface area contributed by atoms with Gasteiger partial charge in [-0.1, -0.05) is 26.2 Å². The summed E-state index contributed by atoms with van der Waals surface area (Å²) in [7, 11) is 0. The molecule has 0 aromatic heterocycles. The Kier molecular flexibility index (Phi) is 6.50. The lowest BCUT2D eigenvalue weighted by Gasteiger charge is -2.27. The van der Waals surface area contributed by atoms with E-state index in [-0.39, 0.29) is 17.9 Å². The highest BCUT2D eigenvalue weighted by Gasteiger charge is 2.36. The van der Waals surface area contributed by atoms with E-state index in [0.717, 1.165) is 25.7 Å². The molecule has 20 heavy (non-hydrogen) atoms. The van der Waals surface area contributed by atoms with Gasteiger partial charge in [0, 0.05) is 13.0 Å². The molecule has 4 nitrogen and oxygen atoms in total. The zero-order valence-corrected chi connectivity index (χ0v) is 13.4. The molecule has 0 N–H and O–H groups in total. The molecule has 1 heterocycles. The van der Waals surface area contributed by atoms with Crippen molar-refractivity contribution < 1.29 is 14.3 Å². The lowest BCUT2D eigenvalue weighted by molar-refractivity contribution is -0.163. The van der Waals surface area contributed by atoms with Crippen LogP contribution < -0.4 is 0 Å². The lowest BCUT2D eigenvalue weighted by atomic mass is 10.1. The number of hydrogen-bond donors (Lipinski definition) is 0. The Balaban J connectivity index is 2.47. The third-order valence-corrected chi connectivity index (χ3v) is 3.50. The highest BCUT2D eigenvalue weighted by molar-refractivity contribution is 5.85. The SMILES string of the molecule is CCCCCCC(=O)N1CCC[C@H]1C(=O)OC(C)(C)C. The minimum absolute atomic E-state index is 0.106. The highest BCUT2D eigenvalue weighted by atomic mass is 16.6. The van der Waals surface area contributed by atoms with Gasteiger partial charge in [-0.2, -0.15) is 0 Å². The Morgan fingerprint density at radius 1 is 1.20 bits per heavy atom. The summed E-state index contributed by atoms with van der Waals surface area (Å²) in [6.45, 7) is 8.42. The first-order valence-electron chi connectivity index (χ1n) is 7.87. The number of ether oxygens (including phenoxy) is 1. The number of likely N-dealkylation sites (tertiary alicyclic amines) is 1. The molecule has 1 amide bonds. The van der Waals surface area contributed by atoms with Gasteiger partial charge in [-0.15, -0.1) is 0 Å². The summed E-state index contributed by atoms with van der Waals surface area (Å²) in [4.78, 5) is 26.1. The number of carbonyl (C=O) groups excluding carboxylic acids is 2. The van der Waals surface area contributed by atoms with Crippen LogP contribution in [0.5, 0.6) is 0 Å². The molecule has 0 aliphatic carbocycles. The van der Waals surface area contributed by atoms with E-state index in [1.165, 1.54) is 12.8 Å². The van der Waals surface area contributed by atoms with E-state index >= 15 is 0 Å². The maximum atomic E-state index is 12.2. The summed E-state index contributed by atoms with van der Waals surface area (Å²) in [5.41, 5.74) is -0.491. The van der Waals surface area contributed by atoms with E-state index in [1.54, 1.807) is 4.90 Å². The predicted octanol–water partition coefficient (Wildman–Crippen LogP) is 3.29. The van der Waals surface area contributed by atoms with Crippen LogP contribution >= 0.6 is 0 Å². The fraction of sp³-hybridized carbons (Fsp3) is 0.875. The van der Waals surface area contributed by atoms with Crippen LogP contribution in [0, 0.1) is 0 Å². The average Bonchev–Trinajstić information content (AvgIpc) is 2.81. The van der Waals surface area contributed by atoms with Crippen LogP contribution in [-0.4, -0.2) is 35.0 Å². The van der Waals surface area contributed by atoms with Gasteiger partial charge in [0.1, 0.15) is 11.6 Å². The van der Waals surface area contributed by atoms with Crippen molar-refractivity contribution in [2.45, 2.75) is 84.3 Å². The van der Waals surface area contributed by atoms with Gasteiger partial charge in [-0.05, 0) is 40.0 Å². The molecule has 1 atom stereocenters. The van der Waals surface area contributed by atoms with E-state index in [2.05, 4.69) is 6.92 Å². The zero-order chi connectivity index (χ0) is 15.2. The molecule has 0 unspecified atom stereocenters. The second kappa shape index (κ2) is 7.65. The van der Waals surface area contributed by atoms with Gasteiger partial charge in [-0.25, -0.2) is 4.79 Å². The molecule has 1 rings (SSSR count). The number of nitrogens with zero attached hydrogens (tertiary/aromatic N) is 1. The van der Waals surface area contributed by atoms with Gasteiger partial charge in [0.15, 0.2) is 0 Å². The monoisotopic (exact) mass is 283 g/mol. The molecule has 0 bridgehead atoms. The molecule has 116 valence electrons. The number of esters is 1. The smallest absolute Gasteiger partial charge is 0.329 e. The summed E-state index contributed by atoms with van der Waals surface area (Å²) in [5, 5.41) is 0. The van der Waals surface area contributed by atoms with Crippen LogP contribution in [0.25, 0.3) is 0 Å². The molecule has 1 aliphatic heterocycles. The van der Waals surface area contributed by atoms with Crippen molar-refractivity contribution in [2.75, 3.05) is 6.54 Å². The maximum Gasteiger partial charge on any atom is 0.329 e. The third kappa shape index (κ3) is 5.51. The molecular formula is C16H29NO3. The minimum atomic E-state index is -0.491. The fourth-order valence-corrected chi connectivity index (χ4v) is 2.53. The van der Waals surface area contributed by atoms with Crippen molar-refractivity contribution >= 4 is 11.9 Å².